The van der Waals surface area contributed by atoms with E-state index in [1.165, 1.54) is 0 Å². The first-order valence-electron chi connectivity index (χ1n) is 5.80. The molecule has 0 aliphatic rings. The molecule has 2 atom stereocenters. The van der Waals surface area contributed by atoms with E-state index in [0.717, 1.165) is 9.88 Å². The third-order valence-electron chi connectivity index (χ3n) is 2.55. The van der Waals surface area contributed by atoms with Crippen LogP contribution in [0.3, 0.4) is 0 Å². The number of hydrogen-bond donors (Lipinski definition) is 2. The monoisotopic (exact) mass is 256 g/mol. The zero-order valence-electron chi connectivity index (χ0n) is 10.7. The molecule has 0 aromatic carbocycles. The van der Waals surface area contributed by atoms with Crippen molar-refractivity contribution in [2.45, 2.75) is 46.3 Å². The van der Waals surface area contributed by atoms with Crippen molar-refractivity contribution in [1.82, 2.24) is 10.3 Å². The smallest absolute Gasteiger partial charge is 0.223 e. The molecule has 1 aromatic rings. The quantitative estimate of drug-likeness (QED) is 0.847. The van der Waals surface area contributed by atoms with Crippen molar-refractivity contribution in [2.24, 2.45) is 5.92 Å². The molecule has 4 nitrogen and oxygen atoms in total. The predicted molar refractivity (Wildman–Crippen MR) is 68.9 cm³/mol. The summed E-state index contributed by atoms with van der Waals surface area (Å²) in [6.07, 6.45) is 1.36. The van der Waals surface area contributed by atoms with Gasteiger partial charge in [0.1, 0.15) is 5.01 Å². The minimum atomic E-state index is -0.583. The summed E-state index contributed by atoms with van der Waals surface area (Å²) in [5, 5.41) is 13.4. The first-order chi connectivity index (χ1) is 7.90. The lowest BCUT2D eigenvalue weighted by Gasteiger charge is -2.16. The molecular weight excluding hydrogens is 236 g/mol. The third kappa shape index (κ3) is 4.44. The zero-order valence-corrected chi connectivity index (χ0v) is 11.5. The molecule has 0 aliphatic heterocycles. The first-order valence-corrected chi connectivity index (χ1v) is 6.61. The van der Waals surface area contributed by atoms with Crippen molar-refractivity contribution in [3.8, 4) is 0 Å². The molecule has 2 N–H and O–H groups in total. The minimum Gasteiger partial charge on any atom is -0.392 e. The maximum absolute atomic E-state index is 11.7. The van der Waals surface area contributed by atoms with Crippen LogP contribution in [0.5, 0.6) is 0 Å². The number of aromatic nitrogens is 1. The highest BCUT2D eigenvalue weighted by atomic mass is 32.1. The maximum atomic E-state index is 11.7. The van der Waals surface area contributed by atoms with Gasteiger partial charge in [-0.3, -0.25) is 4.79 Å². The number of thiazole rings is 1. The number of nitrogens with zero attached hydrogens (tertiary/aromatic N) is 1. The maximum Gasteiger partial charge on any atom is 0.223 e. The Morgan fingerprint density at radius 1 is 1.53 bits per heavy atom. The normalized spacial score (nSPS) is 14.7. The minimum absolute atomic E-state index is 0.0955. The van der Waals surface area contributed by atoms with Crippen molar-refractivity contribution < 1.29 is 9.90 Å². The fourth-order valence-corrected chi connectivity index (χ4v) is 2.14. The standard InChI is InChI=1S/C12H20N2O2S/c1-7(2)10(15)5-11(16)14-9(4)12-13-6-8(3)17-12/h6-7,9-10,15H,5H2,1-4H3,(H,14,16). The predicted octanol–water partition coefficient (Wildman–Crippen LogP) is 2.04. The van der Waals surface area contributed by atoms with Crippen molar-refractivity contribution in [2.75, 3.05) is 0 Å². The number of aryl methyl sites for hydroxylation is 1. The molecule has 0 saturated carbocycles. The Bertz CT molecular complexity index is 376. The van der Waals surface area contributed by atoms with Crippen LogP contribution in [-0.2, 0) is 4.79 Å². The van der Waals surface area contributed by atoms with E-state index in [9.17, 15) is 9.90 Å². The number of hydrogen-bond acceptors (Lipinski definition) is 4. The Morgan fingerprint density at radius 2 is 2.18 bits per heavy atom. The summed E-state index contributed by atoms with van der Waals surface area (Å²) >= 11 is 1.57. The highest BCUT2D eigenvalue weighted by Crippen LogP contribution is 2.19. The van der Waals surface area contributed by atoms with Crippen LogP contribution in [0.4, 0.5) is 0 Å². The van der Waals surface area contributed by atoms with Gasteiger partial charge in [0.2, 0.25) is 5.91 Å². The molecule has 1 amide bonds. The Hall–Kier alpha value is -0.940. The average molecular weight is 256 g/mol. The zero-order chi connectivity index (χ0) is 13.0. The van der Waals surface area contributed by atoms with E-state index in [4.69, 9.17) is 0 Å². The van der Waals surface area contributed by atoms with Crippen LogP contribution < -0.4 is 5.32 Å². The molecule has 5 heteroatoms. The molecule has 0 aliphatic carbocycles. The van der Waals surface area contributed by atoms with Gasteiger partial charge >= 0.3 is 0 Å². The molecule has 2 unspecified atom stereocenters. The van der Waals surface area contributed by atoms with Crippen LogP contribution in [-0.4, -0.2) is 22.1 Å². The molecular formula is C12H20N2O2S. The van der Waals surface area contributed by atoms with Gasteiger partial charge in [-0.25, -0.2) is 4.98 Å². The highest BCUT2D eigenvalue weighted by molar-refractivity contribution is 7.11. The molecule has 0 spiro atoms. The van der Waals surface area contributed by atoms with Crippen molar-refractivity contribution in [1.29, 1.82) is 0 Å². The summed E-state index contributed by atoms with van der Waals surface area (Å²) in [4.78, 5) is 17.0. The highest BCUT2D eigenvalue weighted by Gasteiger charge is 2.17. The van der Waals surface area contributed by atoms with E-state index in [-0.39, 0.29) is 24.3 Å². The summed E-state index contributed by atoms with van der Waals surface area (Å²) in [5.41, 5.74) is 0. The summed E-state index contributed by atoms with van der Waals surface area (Å²) in [6, 6.07) is -0.0967. The number of carbonyl (C=O) groups excluding carboxylic acids is 1. The van der Waals surface area contributed by atoms with Gasteiger partial charge in [0.15, 0.2) is 0 Å². The van der Waals surface area contributed by atoms with Crippen molar-refractivity contribution in [3.05, 3.63) is 16.1 Å². The number of amides is 1. The Morgan fingerprint density at radius 3 is 2.65 bits per heavy atom. The lowest BCUT2D eigenvalue weighted by molar-refractivity contribution is -0.124. The van der Waals surface area contributed by atoms with E-state index in [1.807, 2.05) is 27.7 Å². The largest absolute Gasteiger partial charge is 0.392 e. The van der Waals surface area contributed by atoms with Gasteiger partial charge in [0.05, 0.1) is 18.6 Å². The van der Waals surface area contributed by atoms with Gasteiger partial charge in [-0.15, -0.1) is 11.3 Å². The summed E-state index contributed by atoms with van der Waals surface area (Å²) in [5.74, 6) is -0.0373. The molecule has 96 valence electrons. The lowest BCUT2D eigenvalue weighted by atomic mass is 10.0. The summed E-state index contributed by atoms with van der Waals surface area (Å²) < 4.78 is 0. The van der Waals surface area contributed by atoms with Gasteiger partial charge in [0.25, 0.3) is 0 Å². The van der Waals surface area contributed by atoms with Gasteiger partial charge in [-0.2, -0.15) is 0 Å². The Kier molecular flexibility index (Phi) is 5.08. The number of rotatable bonds is 5. The second kappa shape index (κ2) is 6.12. The Balaban J connectivity index is 2.46. The average Bonchev–Trinajstić information content (AvgIpc) is 2.64. The van der Waals surface area contributed by atoms with E-state index in [2.05, 4.69) is 10.3 Å². The molecule has 0 radical (unpaired) electrons. The number of nitrogens with one attached hydrogen (secondary N) is 1. The molecule has 0 saturated heterocycles. The van der Waals surface area contributed by atoms with E-state index < -0.39 is 6.10 Å². The van der Waals surface area contributed by atoms with Crippen molar-refractivity contribution in [3.63, 3.8) is 0 Å². The van der Waals surface area contributed by atoms with E-state index in [0.29, 0.717) is 0 Å². The topological polar surface area (TPSA) is 62.2 Å². The van der Waals surface area contributed by atoms with Crippen molar-refractivity contribution >= 4 is 17.2 Å². The lowest BCUT2D eigenvalue weighted by Crippen LogP contribution is -2.31. The molecule has 1 aromatic heterocycles. The van der Waals surface area contributed by atoms with Crippen LogP contribution in [0.1, 0.15) is 43.1 Å². The fourth-order valence-electron chi connectivity index (χ4n) is 1.36. The van der Waals surface area contributed by atoms with Gasteiger partial charge < -0.3 is 10.4 Å². The van der Waals surface area contributed by atoms with E-state index >= 15 is 0 Å². The molecule has 0 fully saturated rings. The Labute approximate surface area is 106 Å². The molecule has 1 heterocycles. The van der Waals surface area contributed by atoms with Gasteiger partial charge in [-0.1, -0.05) is 13.8 Å². The van der Waals surface area contributed by atoms with Crippen LogP contribution in [0.2, 0.25) is 0 Å². The number of aliphatic hydroxyl groups excluding tert-OH is 1. The van der Waals surface area contributed by atoms with Gasteiger partial charge in [0, 0.05) is 11.1 Å². The van der Waals surface area contributed by atoms with Crippen LogP contribution in [0, 0.1) is 12.8 Å². The number of aliphatic hydroxyl groups is 1. The number of carbonyl (C=O) groups is 1. The molecule has 0 bridgehead atoms. The van der Waals surface area contributed by atoms with Gasteiger partial charge in [-0.05, 0) is 19.8 Å². The van der Waals surface area contributed by atoms with E-state index in [1.54, 1.807) is 17.5 Å². The summed E-state index contributed by atoms with van der Waals surface area (Å²) in [6.45, 7) is 7.67. The molecule has 17 heavy (non-hydrogen) atoms. The second-order valence-corrected chi connectivity index (χ2v) is 5.88. The van der Waals surface area contributed by atoms with Crippen LogP contribution in [0.25, 0.3) is 0 Å². The second-order valence-electron chi connectivity index (χ2n) is 4.61. The molecule has 1 rings (SSSR count). The SMILES string of the molecule is Cc1cnc(C(C)NC(=O)CC(O)C(C)C)s1. The van der Waals surface area contributed by atoms with Crippen LogP contribution >= 0.6 is 11.3 Å². The summed E-state index contributed by atoms with van der Waals surface area (Å²) in [7, 11) is 0. The fraction of sp³-hybridized carbons (Fsp3) is 0.667. The third-order valence-corrected chi connectivity index (χ3v) is 3.65. The van der Waals surface area contributed by atoms with Crippen LogP contribution in [0.15, 0.2) is 6.20 Å². The first kappa shape index (κ1) is 14.1.